The van der Waals surface area contributed by atoms with Crippen molar-refractivity contribution in [2.75, 3.05) is 32.8 Å². The third-order valence-corrected chi connectivity index (χ3v) is 4.17. The molecule has 2 heterocycles. The van der Waals surface area contributed by atoms with Gasteiger partial charge in [0, 0.05) is 13.0 Å². The maximum atomic E-state index is 12.3. The predicted molar refractivity (Wildman–Crippen MR) is 71.4 cm³/mol. The summed E-state index contributed by atoms with van der Waals surface area (Å²) in [4.78, 5) is 14.3. The van der Waals surface area contributed by atoms with Gasteiger partial charge in [-0.15, -0.1) is 0 Å². The smallest absolute Gasteiger partial charge is 0.223 e. The second-order valence-corrected chi connectivity index (χ2v) is 6.14. The first-order valence-corrected chi connectivity index (χ1v) is 7.18. The fourth-order valence-corrected chi connectivity index (χ4v) is 2.95. The van der Waals surface area contributed by atoms with Crippen LogP contribution in [0.25, 0.3) is 0 Å². The standard InChI is InChI=1S/C14H26N2O2/c1-14(2)11-18-10-9-16(14)13(17)4-3-12-5-7-15-8-6-12/h12,15H,3-11H2,1-2H3. The van der Waals surface area contributed by atoms with E-state index >= 15 is 0 Å². The molecule has 2 aliphatic rings. The quantitative estimate of drug-likeness (QED) is 0.828. The minimum atomic E-state index is -0.135. The highest BCUT2D eigenvalue weighted by Crippen LogP contribution is 2.23. The second kappa shape index (κ2) is 6.02. The van der Waals surface area contributed by atoms with Crippen molar-refractivity contribution in [1.82, 2.24) is 10.2 Å². The van der Waals surface area contributed by atoms with Crippen molar-refractivity contribution in [3.8, 4) is 0 Å². The molecule has 0 saturated carbocycles. The van der Waals surface area contributed by atoms with Gasteiger partial charge in [0.2, 0.25) is 5.91 Å². The first kappa shape index (κ1) is 13.8. The number of nitrogens with zero attached hydrogens (tertiary/aromatic N) is 1. The van der Waals surface area contributed by atoms with E-state index in [9.17, 15) is 4.79 Å². The van der Waals surface area contributed by atoms with E-state index in [1.165, 1.54) is 12.8 Å². The SMILES string of the molecule is CC1(C)COCCN1C(=O)CCC1CCNCC1. The predicted octanol–water partition coefficient (Wildman–Crippen LogP) is 1.40. The lowest BCUT2D eigenvalue weighted by Crippen LogP contribution is -2.55. The fourth-order valence-electron chi connectivity index (χ4n) is 2.95. The number of amides is 1. The molecule has 4 nitrogen and oxygen atoms in total. The van der Waals surface area contributed by atoms with Crippen LogP contribution < -0.4 is 5.32 Å². The molecule has 104 valence electrons. The third kappa shape index (κ3) is 3.45. The molecule has 0 aromatic carbocycles. The number of carbonyl (C=O) groups excluding carboxylic acids is 1. The molecule has 0 aromatic heterocycles. The van der Waals surface area contributed by atoms with Gasteiger partial charge in [-0.3, -0.25) is 4.79 Å². The van der Waals surface area contributed by atoms with E-state index in [2.05, 4.69) is 19.2 Å². The summed E-state index contributed by atoms with van der Waals surface area (Å²) >= 11 is 0. The van der Waals surface area contributed by atoms with Crippen LogP contribution in [0.4, 0.5) is 0 Å². The Balaban J connectivity index is 1.79. The van der Waals surface area contributed by atoms with Gasteiger partial charge in [0.25, 0.3) is 0 Å². The van der Waals surface area contributed by atoms with E-state index in [0.717, 1.165) is 32.0 Å². The minimum Gasteiger partial charge on any atom is -0.377 e. The van der Waals surface area contributed by atoms with E-state index in [0.29, 0.717) is 25.5 Å². The lowest BCUT2D eigenvalue weighted by Gasteiger charge is -2.42. The van der Waals surface area contributed by atoms with E-state index in [-0.39, 0.29) is 5.54 Å². The Morgan fingerprint density at radius 3 is 2.78 bits per heavy atom. The molecule has 0 unspecified atom stereocenters. The average Bonchev–Trinajstić information content (AvgIpc) is 2.37. The van der Waals surface area contributed by atoms with Crippen molar-refractivity contribution < 1.29 is 9.53 Å². The van der Waals surface area contributed by atoms with E-state index in [4.69, 9.17) is 4.74 Å². The van der Waals surface area contributed by atoms with Crippen LogP contribution in [0.3, 0.4) is 0 Å². The van der Waals surface area contributed by atoms with E-state index in [1.54, 1.807) is 0 Å². The average molecular weight is 254 g/mol. The first-order chi connectivity index (χ1) is 8.59. The van der Waals surface area contributed by atoms with Gasteiger partial charge < -0.3 is 15.0 Å². The zero-order chi connectivity index (χ0) is 13.0. The number of piperidine rings is 1. The molecule has 1 amide bonds. The number of hydrogen-bond donors (Lipinski definition) is 1. The summed E-state index contributed by atoms with van der Waals surface area (Å²) < 4.78 is 5.46. The molecule has 2 saturated heterocycles. The van der Waals surface area contributed by atoms with Crippen LogP contribution in [0, 0.1) is 5.92 Å². The largest absolute Gasteiger partial charge is 0.377 e. The Bertz CT molecular complexity index is 286. The van der Waals surface area contributed by atoms with Crippen molar-refractivity contribution in [2.45, 2.75) is 45.1 Å². The summed E-state index contributed by atoms with van der Waals surface area (Å²) in [6, 6.07) is 0. The summed E-state index contributed by atoms with van der Waals surface area (Å²) in [6.45, 7) is 8.50. The lowest BCUT2D eigenvalue weighted by atomic mass is 9.92. The maximum Gasteiger partial charge on any atom is 0.223 e. The second-order valence-electron chi connectivity index (χ2n) is 6.14. The van der Waals surface area contributed by atoms with Gasteiger partial charge in [0.05, 0.1) is 18.8 Å². The molecule has 2 aliphatic heterocycles. The molecule has 0 atom stereocenters. The molecule has 0 bridgehead atoms. The lowest BCUT2D eigenvalue weighted by molar-refractivity contribution is -0.146. The first-order valence-electron chi connectivity index (χ1n) is 7.18. The summed E-state index contributed by atoms with van der Waals surface area (Å²) in [5, 5.41) is 3.37. The van der Waals surface area contributed by atoms with Gasteiger partial charge in [-0.1, -0.05) is 0 Å². The van der Waals surface area contributed by atoms with Crippen molar-refractivity contribution in [1.29, 1.82) is 0 Å². The highest BCUT2D eigenvalue weighted by atomic mass is 16.5. The summed E-state index contributed by atoms with van der Waals surface area (Å²) in [6.07, 6.45) is 4.20. The van der Waals surface area contributed by atoms with E-state index < -0.39 is 0 Å². The number of nitrogens with one attached hydrogen (secondary N) is 1. The number of hydrogen-bond acceptors (Lipinski definition) is 3. The number of ether oxygens (including phenoxy) is 1. The topological polar surface area (TPSA) is 41.6 Å². The summed E-state index contributed by atoms with van der Waals surface area (Å²) in [5.41, 5.74) is -0.135. The molecule has 1 N–H and O–H groups in total. The minimum absolute atomic E-state index is 0.135. The van der Waals surface area contributed by atoms with Gasteiger partial charge >= 0.3 is 0 Å². The Kier molecular flexibility index (Phi) is 4.62. The van der Waals surface area contributed by atoms with Crippen molar-refractivity contribution >= 4 is 5.91 Å². The van der Waals surface area contributed by atoms with Crippen molar-refractivity contribution in [3.05, 3.63) is 0 Å². The highest BCUT2D eigenvalue weighted by Gasteiger charge is 2.33. The molecule has 2 rings (SSSR count). The van der Waals surface area contributed by atoms with Gasteiger partial charge in [-0.05, 0) is 52.1 Å². The zero-order valence-corrected chi connectivity index (χ0v) is 11.7. The van der Waals surface area contributed by atoms with Gasteiger partial charge in [-0.25, -0.2) is 0 Å². The number of morpholine rings is 1. The maximum absolute atomic E-state index is 12.3. The van der Waals surface area contributed by atoms with Crippen molar-refractivity contribution in [2.24, 2.45) is 5.92 Å². The molecule has 4 heteroatoms. The summed E-state index contributed by atoms with van der Waals surface area (Å²) in [7, 11) is 0. The molecule has 0 aromatic rings. The summed E-state index contributed by atoms with van der Waals surface area (Å²) in [5.74, 6) is 1.04. The number of carbonyl (C=O) groups is 1. The monoisotopic (exact) mass is 254 g/mol. The van der Waals surface area contributed by atoms with Gasteiger partial charge in [-0.2, -0.15) is 0 Å². The van der Waals surface area contributed by atoms with E-state index in [1.807, 2.05) is 4.90 Å². The molecular weight excluding hydrogens is 228 g/mol. The Morgan fingerprint density at radius 2 is 2.11 bits per heavy atom. The molecular formula is C14H26N2O2. The van der Waals surface area contributed by atoms with Crippen LogP contribution in [-0.2, 0) is 9.53 Å². The van der Waals surface area contributed by atoms with Gasteiger partial charge in [0.15, 0.2) is 0 Å². The third-order valence-electron chi connectivity index (χ3n) is 4.17. The van der Waals surface area contributed by atoms with Crippen LogP contribution in [0.15, 0.2) is 0 Å². The van der Waals surface area contributed by atoms with Gasteiger partial charge in [0.1, 0.15) is 0 Å². The number of rotatable bonds is 3. The highest BCUT2D eigenvalue weighted by molar-refractivity contribution is 5.77. The molecule has 0 radical (unpaired) electrons. The van der Waals surface area contributed by atoms with Crippen LogP contribution in [0.5, 0.6) is 0 Å². The fraction of sp³-hybridized carbons (Fsp3) is 0.929. The molecule has 0 aliphatic carbocycles. The van der Waals surface area contributed by atoms with Crippen LogP contribution in [-0.4, -0.2) is 49.2 Å². The Hall–Kier alpha value is -0.610. The molecule has 2 fully saturated rings. The van der Waals surface area contributed by atoms with Crippen LogP contribution >= 0.6 is 0 Å². The molecule has 18 heavy (non-hydrogen) atoms. The Morgan fingerprint density at radius 1 is 1.39 bits per heavy atom. The van der Waals surface area contributed by atoms with Crippen LogP contribution in [0.2, 0.25) is 0 Å². The van der Waals surface area contributed by atoms with Crippen LogP contribution in [0.1, 0.15) is 39.5 Å². The Labute approximate surface area is 110 Å². The zero-order valence-electron chi connectivity index (χ0n) is 11.7. The van der Waals surface area contributed by atoms with Crippen molar-refractivity contribution in [3.63, 3.8) is 0 Å². The normalized spacial score (nSPS) is 25.1. The molecule has 0 spiro atoms.